The van der Waals surface area contributed by atoms with Crippen LogP contribution in [0, 0.1) is 6.92 Å². The van der Waals surface area contributed by atoms with E-state index < -0.39 is 17.5 Å². The number of hydrogen-bond donors (Lipinski definition) is 2. The Bertz CT molecular complexity index is 480. The molecule has 0 saturated heterocycles. The number of nitrogens with one attached hydrogen (secondary N) is 1. The van der Waals surface area contributed by atoms with Gasteiger partial charge in [0.05, 0.1) is 5.56 Å². The summed E-state index contributed by atoms with van der Waals surface area (Å²) in [4.78, 5) is 25.9. The van der Waals surface area contributed by atoms with Gasteiger partial charge in [-0.1, -0.05) is 6.92 Å². The van der Waals surface area contributed by atoms with Crippen molar-refractivity contribution in [3.8, 4) is 0 Å². The Labute approximate surface area is 106 Å². The van der Waals surface area contributed by atoms with Crippen LogP contribution in [0.3, 0.4) is 0 Å². The normalized spacial score (nSPS) is 11.4. The van der Waals surface area contributed by atoms with E-state index in [0.29, 0.717) is 17.7 Å². The average Bonchev–Trinajstić information content (AvgIpc) is 2.52. The van der Waals surface area contributed by atoms with Crippen molar-refractivity contribution < 1.29 is 19.4 Å². The fraction of sp³-hybridized carbons (Fsp3) is 0.538. The molecule has 1 rings (SSSR count). The van der Waals surface area contributed by atoms with Crippen LogP contribution in [-0.4, -0.2) is 27.6 Å². The van der Waals surface area contributed by atoms with Gasteiger partial charge in [-0.3, -0.25) is 0 Å². The van der Waals surface area contributed by atoms with Crippen LogP contribution in [0.15, 0.2) is 0 Å². The Morgan fingerprint density at radius 3 is 2.28 bits per heavy atom. The predicted molar refractivity (Wildman–Crippen MR) is 67.0 cm³/mol. The van der Waals surface area contributed by atoms with Gasteiger partial charge >= 0.3 is 11.9 Å². The fourth-order valence-corrected chi connectivity index (χ4v) is 1.82. The summed E-state index contributed by atoms with van der Waals surface area (Å²) in [5.74, 6) is -1.55. The third-order valence-electron chi connectivity index (χ3n) is 2.46. The minimum atomic E-state index is -1.03. The number of aryl methyl sites for hydroxylation is 1. The van der Waals surface area contributed by atoms with E-state index in [4.69, 9.17) is 9.84 Å². The molecule has 5 nitrogen and oxygen atoms in total. The van der Waals surface area contributed by atoms with Crippen molar-refractivity contribution in [2.24, 2.45) is 0 Å². The Kier molecular flexibility index (Phi) is 3.84. The summed E-state index contributed by atoms with van der Waals surface area (Å²) in [6.45, 7) is 8.75. The summed E-state index contributed by atoms with van der Waals surface area (Å²) >= 11 is 0. The first kappa shape index (κ1) is 14.3. The van der Waals surface area contributed by atoms with Crippen molar-refractivity contribution in [1.29, 1.82) is 0 Å². The Morgan fingerprint density at radius 1 is 1.33 bits per heavy atom. The van der Waals surface area contributed by atoms with Gasteiger partial charge in [0.1, 0.15) is 11.3 Å². The summed E-state index contributed by atoms with van der Waals surface area (Å²) < 4.78 is 5.25. The van der Waals surface area contributed by atoms with Gasteiger partial charge in [-0.2, -0.15) is 0 Å². The molecule has 1 aromatic rings. The average molecular weight is 253 g/mol. The number of rotatable bonds is 3. The third kappa shape index (κ3) is 2.91. The maximum atomic E-state index is 12.0. The van der Waals surface area contributed by atoms with E-state index in [-0.39, 0.29) is 11.3 Å². The van der Waals surface area contributed by atoms with Gasteiger partial charge in [-0.05, 0) is 39.7 Å². The predicted octanol–water partition coefficient (Wildman–Crippen LogP) is 2.54. The first-order valence-corrected chi connectivity index (χ1v) is 5.85. The second-order valence-corrected chi connectivity index (χ2v) is 5.14. The van der Waals surface area contributed by atoms with Crippen molar-refractivity contribution in [3.05, 3.63) is 22.5 Å². The number of carbonyl (C=O) groups excluding carboxylic acids is 1. The summed E-state index contributed by atoms with van der Waals surface area (Å²) in [5.41, 5.74) is 0.764. The molecule has 5 heteroatoms. The number of esters is 1. The van der Waals surface area contributed by atoms with Crippen LogP contribution in [0.5, 0.6) is 0 Å². The van der Waals surface area contributed by atoms with Gasteiger partial charge in [-0.25, -0.2) is 9.59 Å². The number of ether oxygens (including phenoxy) is 1. The van der Waals surface area contributed by atoms with Crippen LogP contribution in [0.4, 0.5) is 0 Å². The lowest BCUT2D eigenvalue weighted by atomic mass is 10.1. The van der Waals surface area contributed by atoms with E-state index in [1.807, 2.05) is 6.92 Å². The van der Waals surface area contributed by atoms with Gasteiger partial charge in [0.2, 0.25) is 0 Å². The SMILES string of the molecule is CCc1c(C(=O)OC(C)(C)C)[nH]c(C)c1C(=O)O. The molecule has 100 valence electrons. The molecule has 0 spiro atoms. The summed E-state index contributed by atoms with van der Waals surface area (Å²) in [7, 11) is 0. The van der Waals surface area contributed by atoms with Gasteiger partial charge in [0.25, 0.3) is 0 Å². The number of hydrogen-bond acceptors (Lipinski definition) is 3. The van der Waals surface area contributed by atoms with Crippen LogP contribution < -0.4 is 0 Å². The zero-order valence-corrected chi connectivity index (χ0v) is 11.4. The summed E-state index contributed by atoms with van der Waals surface area (Å²) in [6.07, 6.45) is 0.459. The zero-order valence-electron chi connectivity index (χ0n) is 11.4. The lowest BCUT2D eigenvalue weighted by Gasteiger charge is -2.19. The fourth-order valence-electron chi connectivity index (χ4n) is 1.82. The molecule has 0 aliphatic heterocycles. The minimum Gasteiger partial charge on any atom is -0.478 e. The second kappa shape index (κ2) is 4.84. The molecule has 2 N–H and O–H groups in total. The van der Waals surface area contributed by atoms with Crippen LogP contribution in [0.2, 0.25) is 0 Å². The highest BCUT2D eigenvalue weighted by Gasteiger charge is 2.26. The number of carbonyl (C=O) groups is 2. The first-order valence-electron chi connectivity index (χ1n) is 5.85. The van der Waals surface area contributed by atoms with Crippen molar-refractivity contribution >= 4 is 11.9 Å². The van der Waals surface area contributed by atoms with Crippen LogP contribution in [0.1, 0.15) is 59.8 Å². The molecular weight excluding hydrogens is 234 g/mol. The quantitative estimate of drug-likeness (QED) is 0.811. The molecule has 0 bridgehead atoms. The molecule has 0 aliphatic carbocycles. The van der Waals surface area contributed by atoms with E-state index in [2.05, 4.69) is 4.98 Å². The molecule has 0 fully saturated rings. The highest BCUT2D eigenvalue weighted by atomic mass is 16.6. The third-order valence-corrected chi connectivity index (χ3v) is 2.46. The van der Waals surface area contributed by atoms with Gasteiger partial charge in [0.15, 0.2) is 0 Å². The first-order chi connectivity index (χ1) is 8.17. The molecule has 0 amide bonds. The van der Waals surface area contributed by atoms with Crippen LogP contribution >= 0.6 is 0 Å². The smallest absolute Gasteiger partial charge is 0.355 e. The van der Waals surface area contributed by atoms with E-state index in [1.165, 1.54) is 0 Å². The van der Waals surface area contributed by atoms with Crippen LogP contribution in [-0.2, 0) is 11.2 Å². The van der Waals surface area contributed by atoms with Crippen molar-refractivity contribution in [3.63, 3.8) is 0 Å². The summed E-state index contributed by atoms with van der Waals surface area (Å²) in [6, 6.07) is 0. The molecule has 0 unspecified atom stereocenters. The molecule has 0 saturated carbocycles. The largest absolute Gasteiger partial charge is 0.478 e. The second-order valence-electron chi connectivity index (χ2n) is 5.14. The molecule has 1 heterocycles. The molecule has 0 aromatic carbocycles. The monoisotopic (exact) mass is 253 g/mol. The number of aromatic carboxylic acids is 1. The number of aromatic nitrogens is 1. The van der Waals surface area contributed by atoms with Crippen molar-refractivity contribution in [1.82, 2.24) is 4.98 Å². The number of carboxylic acids is 1. The Morgan fingerprint density at radius 2 is 1.89 bits per heavy atom. The molecule has 0 aliphatic rings. The van der Waals surface area contributed by atoms with Crippen LogP contribution in [0.25, 0.3) is 0 Å². The van der Waals surface area contributed by atoms with Gasteiger partial charge < -0.3 is 14.8 Å². The zero-order chi connectivity index (χ0) is 14.1. The molecule has 0 atom stereocenters. The highest BCUT2D eigenvalue weighted by molar-refractivity contribution is 5.98. The van der Waals surface area contributed by atoms with E-state index in [0.717, 1.165) is 0 Å². The van der Waals surface area contributed by atoms with Crippen molar-refractivity contribution in [2.45, 2.75) is 46.6 Å². The maximum Gasteiger partial charge on any atom is 0.355 e. The highest BCUT2D eigenvalue weighted by Crippen LogP contribution is 2.22. The number of carboxylic acid groups (broad SMARTS) is 1. The van der Waals surface area contributed by atoms with Crippen molar-refractivity contribution in [2.75, 3.05) is 0 Å². The number of H-pyrrole nitrogens is 1. The van der Waals surface area contributed by atoms with E-state index in [9.17, 15) is 9.59 Å². The van der Waals surface area contributed by atoms with E-state index in [1.54, 1.807) is 27.7 Å². The topological polar surface area (TPSA) is 79.4 Å². The number of aromatic amines is 1. The van der Waals surface area contributed by atoms with Gasteiger partial charge in [0, 0.05) is 5.69 Å². The lowest BCUT2D eigenvalue weighted by molar-refractivity contribution is 0.00622. The summed E-state index contributed by atoms with van der Waals surface area (Å²) in [5, 5.41) is 9.13. The molecule has 1 aromatic heterocycles. The van der Waals surface area contributed by atoms with E-state index >= 15 is 0 Å². The minimum absolute atomic E-state index is 0.165. The molecule has 0 radical (unpaired) electrons. The Balaban J connectivity index is 3.22. The maximum absolute atomic E-state index is 12.0. The van der Waals surface area contributed by atoms with Gasteiger partial charge in [-0.15, -0.1) is 0 Å². The molecule has 18 heavy (non-hydrogen) atoms. The molecular formula is C13H19NO4. The standard InChI is InChI=1S/C13H19NO4/c1-6-8-9(11(15)16)7(2)14-10(8)12(17)18-13(3,4)5/h14H,6H2,1-5H3,(H,15,16). The Hall–Kier alpha value is -1.78. The lowest BCUT2D eigenvalue weighted by Crippen LogP contribution is -2.24.